The number of hydrogen-bond donors (Lipinski definition) is 5. The third kappa shape index (κ3) is 8.37. The second-order valence-corrected chi connectivity index (χ2v) is 16.5. The summed E-state index contributed by atoms with van der Waals surface area (Å²) in [6.45, 7) is 7.58. The number of nitrogens with one attached hydrogen (secondary N) is 2. The normalized spacial score (nSPS) is 18.3. The van der Waals surface area contributed by atoms with Gasteiger partial charge in [-0.3, -0.25) is 4.57 Å². The predicted octanol–water partition coefficient (Wildman–Crippen LogP) is 6.74. The van der Waals surface area contributed by atoms with Gasteiger partial charge >= 0.3 is 11.7 Å². The Morgan fingerprint density at radius 3 is 2.53 bits per heavy atom. The molecule has 0 amide bonds. The van der Waals surface area contributed by atoms with Crippen LogP contribution in [0.15, 0.2) is 92.9 Å². The van der Waals surface area contributed by atoms with Gasteiger partial charge in [-0.05, 0) is 117 Å². The molecule has 1 aliphatic carbocycles. The van der Waals surface area contributed by atoms with Crippen molar-refractivity contribution < 1.29 is 29.3 Å². The van der Waals surface area contributed by atoms with E-state index < -0.39 is 17.7 Å². The summed E-state index contributed by atoms with van der Waals surface area (Å²) in [7, 11) is 2.10. The number of fused-ring (bicyclic) bond motifs is 2. The molecule has 2 aliphatic rings. The number of aliphatic hydroxyl groups excluding tert-OH is 1. The second kappa shape index (κ2) is 16.7. The Labute approximate surface area is 328 Å². The zero-order valence-corrected chi connectivity index (χ0v) is 32.7. The van der Waals surface area contributed by atoms with Crippen LogP contribution in [-0.2, 0) is 28.1 Å². The van der Waals surface area contributed by atoms with E-state index in [1.807, 2.05) is 60.2 Å². The molecule has 5 N–H and O–H groups in total. The molecule has 2 atom stereocenters. The van der Waals surface area contributed by atoms with Gasteiger partial charge in [-0.25, -0.2) is 9.59 Å². The summed E-state index contributed by atoms with van der Waals surface area (Å²) < 4.78 is 13.3. The fourth-order valence-electron chi connectivity index (χ4n) is 7.70. The number of aliphatic hydroxyl groups is 2. The summed E-state index contributed by atoms with van der Waals surface area (Å²) in [5.41, 5.74) is 3.19. The molecule has 1 aliphatic heterocycles. The molecule has 1 fully saturated rings. The molecule has 1 unspecified atom stereocenters. The van der Waals surface area contributed by atoms with Gasteiger partial charge in [-0.15, -0.1) is 22.7 Å². The van der Waals surface area contributed by atoms with E-state index in [9.17, 15) is 24.9 Å². The van der Waals surface area contributed by atoms with Crippen LogP contribution < -0.4 is 16.4 Å². The summed E-state index contributed by atoms with van der Waals surface area (Å²) in [6.07, 6.45) is 7.25. The number of aromatic nitrogens is 1. The lowest BCUT2D eigenvalue weighted by atomic mass is 9.91. The quantitative estimate of drug-likeness (QED) is 0.0571. The number of benzene rings is 2. The van der Waals surface area contributed by atoms with E-state index in [0.29, 0.717) is 57.8 Å². The number of hydrogen-bond acceptors (Lipinski definition) is 12. The molecule has 0 bridgehead atoms. The summed E-state index contributed by atoms with van der Waals surface area (Å²) in [5.74, 6) is -0.886. The molecule has 13 heteroatoms. The first-order valence-electron chi connectivity index (χ1n) is 18.8. The average molecular weight is 785 g/mol. The summed E-state index contributed by atoms with van der Waals surface area (Å²) in [6, 6.07) is 16.7. The largest absolute Gasteiger partial charge is 0.506 e. The number of phenolic OH excluding ortho intramolecular Hbond substituents is 1. The van der Waals surface area contributed by atoms with Crippen LogP contribution in [0.25, 0.3) is 17.2 Å². The van der Waals surface area contributed by atoms with Gasteiger partial charge in [0.1, 0.15) is 11.9 Å². The molecule has 7 rings (SSSR count). The minimum atomic E-state index is -1.79. The number of aromatic hydroxyl groups is 1. The van der Waals surface area contributed by atoms with E-state index >= 15 is 0 Å². The maximum absolute atomic E-state index is 13.4. The van der Waals surface area contributed by atoms with Crippen molar-refractivity contribution in [1.29, 1.82) is 0 Å². The number of nitrogens with zero attached hydrogens (tertiary/aromatic N) is 2. The molecule has 11 nitrogen and oxygen atoms in total. The average Bonchev–Trinajstić information content (AvgIpc) is 3.97. The first kappa shape index (κ1) is 38.8. The number of rotatable bonds is 15. The van der Waals surface area contributed by atoms with Gasteiger partial charge in [0.2, 0.25) is 5.60 Å². The lowest BCUT2D eigenvalue weighted by Crippen LogP contribution is -2.42. The van der Waals surface area contributed by atoms with E-state index in [1.165, 1.54) is 22.7 Å². The molecule has 5 aromatic rings. The molecule has 1 saturated carbocycles. The van der Waals surface area contributed by atoms with Crippen LogP contribution in [-0.4, -0.2) is 69.1 Å². The van der Waals surface area contributed by atoms with Crippen LogP contribution in [0.4, 0.5) is 5.69 Å². The van der Waals surface area contributed by atoms with Crippen molar-refractivity contribution in [2.24, 2.45) is 0 Å². The van der Waals surface area contributed by atoms with E-state index in [-0.39, 0.29) is 23.7 Å². The number of anilines is 1. The minimum Gasteiger partial charge on any atom is -0.506 e. The second-order valence-electron chi connectivity index (χ2n) is 14.6. The maximum atomic E-state index is 13.4. The molecule has 55 heavy (non-hydrogen) atoms. The minimum absolute atomic E-state index is 0.0284. The van der Waals surface area contributed by atoms with Gasteiger partial charge in [-0.2, -0.15) is 0 Å². The Morgan fingerprint density at radius 1 is 1.11 bits per heavy atom. The molecular weight excluding hydrogens is 737 g/mol. The van der Waals surface area contributed by atoms with E-state index in [0.717, 1.165) is 55.3 Å². The Balaban J connectivity index is 0.872. The Hall–Kier alpha value is -4.50. The molecule has 0 saturated heterocycles. The third-order valence-corrected chi connectivity index (χ3v) is 12.7. The maximum Gasteiger partial charge on any atom is 0.419 e. The van der Waals surface area contributed by atoms with Crippen molar-refractivity contribution in [2.75, 3.05) is 25.5 Å². The van der Waals surface area contributed by atoms with Crippen LogP contribution in [0.5, 0.6) is 5.75 Å². The standard InChI is InChI=1S/C42H48N4O7S2/c1-26-9-15-32-31(16-18-34(47)39(32)44-26)35(48)25-43-27(2)23-28-10-17-33-36(24-28)53-41(50)46(33)20-6-19-45(3)29-11-13-30(14-12-29)52-40(49)42(51,37-7-4-21-54-37)38-8-5-22-55-38/h4-5,7-10,15-18,21-22,24,27,29-30,35,43-44,47-48,51H,1,6,11-14,19-20,23,25H2,2-3H3/t27?,29-,30-,35-/m0/s1. The molecule has 4 heterocycles. The molecule has 3 aromatic heterocycles. The molecule has 290 valence electrons. The summed E-state index contributed by atoms with van der Waals surface area (Å²) >= 11 is 2.68. The van der Waals surface area contributed by atoms with Crippen LogP contribution in [0.2, 0.25) is 0 Å². The number of thiophene rings is 2. The first-order valence-corrected chi connectivity index (χ1v) is 20.5. The number of esters is 1. The van der Waals surface area contributed by atoms with E-state index in [4.69, 9.17) is 9.15 Å². The fraction of sp³-hybridized carbons (Fsp3) is 0.381. The van der Waals surface area contributed by atoms with Crippen LogP contribution in [0.1, 0.15) is 71.6 Å². The molecule has 2 aromatic carbocycles. The molecule has 0 spiro atoms. The molecule has 0 radical (unpaired) electrons. The van der Waals surface area contributed by atoms with Crippen LogP contribution in [0, 0.1) is 0 Å². The highest BCUT2D eigenvalue weighted by molar-refractivity contribution is 7.12. The van der Waals surface area contributed by atoms with Crippen molar-refractivity contribution in [3.05, 3.63) is 121 Å². The van der Waals surface area contributed by atoms with Gasteiger partial charge in [-0.1, -0.05) is 36.9 Å². The van der Waals surface area contributed by atoms with Crippen LogP contribution >= 0.6 is 22.7 Å². The smallest absolute Gasteiger partial charge is 0.419 e. The van der Waals surface area contributed by atoms with Crippen LogP contribution in [0.3, 0.4) is 0 Å². The van der Waals surface area contributed by atoms with Crippen molar-refractivity contribution in [2.45, 2.75) is 81.9 Å². The number of phenols is 1. The predicted molar refractivity (Wildman–Crippen MR) is 218 cm³/mol. The number of ether oxygens (including phenoxy) is 1. The SMILES string of the molecule is C=C1C=Cc2c([C@@H](O)CNC(C)Cc3ccc4c(c3)oc(=O)n4CCCN(C)[C@H]3CC[C@H](OC(=O)C(O)(c4cccs4)c4cccs4)CC3)ccc(O)c2N1. The monoisotopic (exact) mass is 784 g/mol. The lowest BCUT2D eigenvalue weighted by Gasteiger charge is -2.35. The Morgan fingerprint density at radius 2 is 1.84 bits per heavy atom. The Bertz CT molecular complexity index is 2170. The zero-order valence-electron chi connectivity index (χ0n) is 31.1. The highest BCUT2D eigenvalue weighted by atomic mass is 32.1. The van der Waals surface area contributed by atoms with Gasteiger partial charge < -0.3 is 40.0 Å². The highest BCUT2D eigenvalue weighted by Crippen LogP contribution is 2.39. The van der Waals surface area contributed by atoms with Gasteiger partial charge in [0.05, 0.1) is 27.1 Å². The summed E-state index contributed by atoms with van der Waals surface area (Å²) in [4.78, 5) is 29.7. The van der Waals surface area contributed by atoms with Crippen molar-refractivity contribution in [3.8, 4) is 5.75 Å². The number of aryl methyl sites for hydroxylation is 1. The zero-order chi connectivity index (χ0) is 38.7. The number of allylic oxidation sites excluding steroid dienone is 1. The highest BCUT2D eigenvalue weighted by Gasteiger charge is 2.45. The topological polar surface area (TPSA) is 149 Å². The van der Waals surface area contributed by atoms with Gasteiger partial charge in [0.15, 0.2) is 5.58 Å². The number of oxazole rings is 1. The number of carbonyl (C=O) groups is 1. The van der Waals surface area contributed by atoms with E-state index in [2.05, 4.69) is 29.2 Å². The van der Waals surface area contributed by atoms with Gasteiger partial charge in [0, 0.05) is 36.4 Å². The number of carbonyl (C=O) groups excluding carboxylic acids is 1. The Kier molecular flexibility index (Phi) is 11.8. The van der Waals surface area contributed by atoms with Crippen molar-refractivity contribution >= 4 is 51.5 Å². The van der Waals surface area contributed by atoms with Crippen molar-refractivity contribution in [3.63, 3.8) is 0 Å². The summed E-state index contributed by atoms with van der Waals surface area (Å²) in [5, 5.41) is 43.0. The fourth-order valence-corrected chi connectivity index (χ4v) is 9.42. The van der Waals surface area contributed by atoms with Gasteiger partial charge in [0.25, 0.3) is 0 Å². The van der Waals surface area contributed by atoms with E-state index in [1.54, 1.807) is 28.8 Å². The van der Waals surface area contributed by atoms with Crippen molar-refractivity contribution in [1.82, 2.24) is 14.8 Å². The lowest BCUT2D eigenvalue weighted by molar-refractivity contribution is -0.169. The first-order chi connectivity index (χ1) is 26.5. The molecular formula is C42H48N4O7S2. The third-order valence-electron chi connectivity index (χ3n) is 10.8.